The predicted octanol–water partition coefficient (Wildman–Crippen LogP) is 4.81. The number of para-hydroxylation sites is 2. The van der Waals surface area contributed by atoms with Gasteiger partial charge in [0.2, 0.25) is 0 Å². The molecular formula is C21H20N2O3. The third kappa shape index (κ3) is 4.77. The van der Waals surface area contributed by atoms with Gasteiger partial charge in [0.05, 0.1) is 7.11 Å². The van der Waals surface area contributed by atoms with Gasteiger partial charge in [0.15, 0.2) is 0 Å². The van der Waals surface area contributed by atoms with Gasteiger partial charge in [0.1, 0.15) is 17.2 Å². The lowest BCUT2D eigenvalue weighted by atomic mass is 10.2. The van der Waals surface area contributed by atoms with Crippen molar-refractivity contribution in [2.75, 3.05) is 12.4 Å². The first-order valence-corrected chi connectivity index (χ1v) is 8.24. The summed E-state index contributed by atoms with van der Waals surface area (Å²) in [5.41, 5.74) is 1.60. The molecule has 0 bridgehead atoms. The standard InChI is InChI=1S/C21H20N2O3/c1-25-20-10-6-5-7-16(20)15-22-21(24)23-17-11-13-19(14-12-17)26-18-8-3-2-4-9-18/h2-14H,15H2,1H3,(H2,22,23,24). The lowest BCUT2D eigenvalue weighted by molar-refractivity contribution is 0.251. The normalized spacial score (nSPS) is 10.0. The number of hydrogen-bond donors (Lipinski definition) is 2. The molecule has 5 heteroatoms. The number of rotatable bonds is 6. The largest absolute Gasteiger partial charge is 0.496 e. The van der Waals surface area contributed by atoms with Crippen LogP contribution in [0.5, 0.6) is 17.2 Å². The molecule has 132 valence electrons. The fraction of sp³-hybridized carbons (Fsp3) is 0.0952. The first-order chi connectivity index (χ1) is 12.7. The second-order valence-electron chi connectivity index (χ2n) is 5.56. The molecule has 2 N–H and O–H groups in total. The maximum absolute atomic E-state index is 12.1. The topological polar surface area (TPSA) is 59.6 Å². The number of carbonyl (C=O) groups excluding carboxylic acids is 1. The minimum absolute atomic E-state index is 0.285. The number of carbonyl (C=O) groups is 1. The molecule has 2 amide bonds. The predicted molar refractivity (Wildman–Crippen MR) is 102 cm³/mol. The molecule has 0 aliphatic carbocycles. The van der Waals surface area contributed by atoms with E-state index in [2.05, 4.69) is 10.6 Å². The van der Waals surface area contributed by atoms with E-state index in [9.17, 15) is 4.79 Å². The van der Waals surface area contributed by atoms with Gasteiger partial charge in [-0.1, -0.05) is 36.4 Å². The van der Waals surface area contributed by atoms with Crippen molar-refractivity contribution in [2.24, 2.45) is 0 Å². The summed E-state index contributed by atoms with van der Waals surface area (Å²) in [5.74, 6) is 2.22. The van der Waals surface area contributed by atoms with E-state index in [0.29, 0.717) is 18.0 Å². The molecule has 0 heterocycles. The Morgan fingerprint density at radius 3 is 2.23 bits per heavy atom. The van der Waals surface area contributed by atoms with Crippen molar-refractivity contribution >= 4 is 11.7 Å². The van der Waals surface area contributed by atoms with Gasteiger partial charge in [0, 0.05) is 17.8 Å². The van der Waals surface area contributed by atoms with Gasteiger partial charge in [-0.2, -0.15) is 0 Å². The van der Waals surface area contributed by atoms with Gasteiger partial charge < -0.3 is 20.1 Å². The Hall–Kier alpha value is -3.47. The van der Waals surface area contributed by atoms with Crippen LogP contribution in [0.15, 0.2) is 78.9 Å². The van der Waals surface area contributed by atoms with Crippen LogP contribution >= 0.6 is 0 Å². The molecular weight excluding hydrogens is 328 g/mol. The highest BCUT2D eigenvalue weighted by Crippen LogP contribution is 2.22. The third-order valence-electron chi connectivity index (χ3n) is 3.72. The first-order valence-electron chi connectivity index (χ1n) is 8.24. The zero-order chi connectivity index (χ0) is 18.2. The van der Waals surface area contributed by atoms with Crippen LogP contribution in [0.1, 0.15) is 5.56 Å². The van der Waals surface area contributed by atoms with Crippen LogP contribution in [-0.2, 0) is 6.54 Å². The summed E-state index contributed by atoms with van der Waals surface area (Å²) in [7, 11) is 1.61. The van der Waals surface area contributed by atoms with Crippen molar-refractivity contribution in [3.8, 4) is 17.2 Å². The van der Waals surface area contributed by atoms with Crippen LogP contribution in [0.3, 0.4) is 0 Å². The Kier molecular flexibility index (Phi) is 5.72. The molecule has 0 aliphatic heterocycles. The highest BCUT2D eigenvalue weighted by Gasteiger charge is 2.05. The van der Waals surface area contributed by atoms with Gasteiger partial charge in [-0.05, 0) is 42.5 Å². The van der Waals surface area contributed by atoms with Gasteiger partial charge in [0.25, 0.3) is 0 Å². The number of amides is 2. The molecule has 3 aromatic carbocycles. The van der Waals surface area contributed by atoms with Crippen LogP contribution in [0.25, 0.3) is 0 Å². The van der Waals surface area contributed by atoms with Gasteiger partial charge in [-0.3, -0.25) is 0 Å². The number of ether oxygens (including phenoxy) is 2. The van der Waals surface area contributed by atoms with Crippen LogP contribution in [0.2, 0.25) is 0 Å². The average molecular weight is 348 g/mol. The molecule has 0 radical (unpaired) electrons. The van der Waals surface area contributed by atoms with E-state index in [1.54, 1.807) is 19.2 Å². The number of anilines is 1. The second kappa shape index (κ2) is 8.58. The van der Waals surface area contributed by atoms with Gasteiger partial charge >= 0.3 is 6.03 Å². The van der Waals surface area contributed by atoms with E-state index < -0.39 is 0 Å². The zero-order valence-corrected chi connectivity index (χ0v) is 14.4. The molecule has 0 fully saturated rings. The maximum Gasteiger partial charge on any atom is 0.319 e. The SMILES string of the molecule is COc1ccccc1CNC(=O)Nc1ccc(Oc2ccccc2)cc1. The van der Waals surface area contributed by atoms with Crippen molar-refractivity contribution in [3.05, 3.63) is 84.4 Å². The Balaban J connectivity index is 1.53. The second-order valence-corrected chi connectivity index (χ2v) is 5.56. The molecule has 0 spiro atoms. The molecule has 5 nitrogen and oxygen atoms in total. The van der Waals surface area contributed by atoms with Crippen LogP contribution < -0.4 is 20.1 Å². The number of methoxy groups -OCH3 is 1. The van der Waals surface area contributed by atoms with E-state index in [1.165, 1.54) is 0 Å². The summed E-state index contributed by atoms with van der Waals surface area (Å²) in [4.78, 5) is 12.1. The fourth-order valence-corrected chi connectivity index (χ4v) is 2.43. The lowest BCUT2D eigenvalue weighted by Gasteiger charge is -2.11. The molecule has 0 saturated carbocycles. The van der Waals surface area contributed by atoms with Crippen LogP contribution in [-0.4, -0.2) is 13.1 Å². The van der Waals surface area contributed by atoms with Gasteiger partial charge in [-0.25, -0.2) is 4.79 Å². The third-order valence-corrected chi connectivity index (χ3v) is 3.72. The Labute approximate surface area is 152 Å². The average Bonchev–Trinajstić information content (AvgIpc) is 2.69. The minimum atomic E-state index is -0.285. The molecule has 3 rings (SSSR count). The lowest BCUT2D eigenvalue weighted by Crippen LogP contribution is -2.28. The Bertz CT molecular complexity index is 849. The summed E-state index contributed by atoms with van der Waals surface area (Å²) in [6.07, 6.45) is 0. The quantitative estimate of drug-likeness (QED) is 0.672. The van der Waals surface area contributed by atoms with E-state index in [-0.39, 0.29) is 6.03 Å². The monoisotopic (exact) mass is 348 g/mol. The smallest absolute Gasteiger partial charge is 0.319 e. The van der Waals surface area contributed by atoms with E-state index in [4.69, 9.17) is 9.47 Å². The highest BCUT2D eigenvalue weighted by atomic mass is 16.5. The summed E-state index contributed by atoms with van der Waals surface area (Å²) in [6.45, 7) is 0.380. The molecule has 0 unspecified atom stereocenters. The molecule has 0 aliphatic rings. The molecule has 0 aromatic heterocycles. The maximum atomic E-state index is 12.1. The molecule has 26 heavy (non-hydrogen) atoms. The Morgan fingerprint density at radius 1 is 0.846 bits per heavy atom. The van der Waals surface area contributed by atoms with Crippen molar-refractivity contribution in [1.82, 2.24) is 5.32 Å². The van der Waals surface area contributed by atoms with Crippen molar-refractivity contribution < 1.29 is 14.3 Å². The van der Waals surface area contributed by atoms with E-state index in [1.807, 2.05) is 66.7 Å². The van der Waals surface area contributed by atoms with Crippen LogP contribution in [0, 0.1) is 0 Å². The van der Waals surface area contributed by atoms with Gasteiger partial charge in [-0.15, -0.1) is 0 Å². The number of benzene rings is 3. The van der Waals surface area contributed by atoms with Crippen molar-refractivity contribution in [1.29, 1.82) is 0 Å². The minimum Gasteiger partial charge on any atom is -0.496 e. The zero-order valence-electron chi connectivity index (χ0n) is 14.4. The summed E-state index contributed by atoms with van der Waals surface area (Å²) in [6, 6.07) is 24.0. The molecule has 0 atom stereocenters. The molecule has 0 saturated heterocycles. The first kappa shape index (κ1) is 17.4. The fourth-order valence-electron chi connectivity index (χ4n) is 2.43. The van der Waals surface area contributed by atoms with Crippen LogP contribution in [0.4, 0.5) is 10.5 Å². The van der Waals surface area contributed by atoms with Crippen molar-refractivity contribution in [3.63, 3.8) is 0 Å². The Morgan fingerprint density at radius 2 is 1.50 bits per heavy atom. The summed E-state index contributed by atoms with van der Waals surface area (Å²) in [5, 5.41) is 5.61. The molecule has 3 aromatic rings. The van der Waals surface area contributed by atoms with Crippen molar-refractivity contribution in [2.45, 2.75) is 6.54 Å². The number of hydrogen-bond acceptors (Lipinski definition) is 3. The summed E-state index contributed by atoms with van der Waals surface area (Å²) >= 11 is 0. The summed E-state index contributed by atoms with van der Waals surface area (Å²) < 4.78 is 11.0. The van der Waals surface area contributed by atoms with E-state index in [0.717, 1.165) is 17.1 Å². The van der Waals surface area contributed by atoms with E-state index >= 15 is 0 Å². The number of urea groups is 1. The highest BCUT2D eigenvalue weighted by molar-refractivity contribution is 5.89. The number of nitrogens with one attached hydrogen (secondary N) is 2.